The monoisotopic (exact) mass is 489 g/mol. The molecule has 8 nitrogen and oxygen atoms in total. The van der Waals surface area contributed by atoms with Crippen molar-refractivity contribution in [2.24, 2.45) is 0 Å². The molecule has 1 fully saturated rings. The highest BCUT2D eigenvalue weighted by Crippen LogP contribution is 2.30. The van der Waals surface area contributed by atoms with Gasteiger partial charge in [-0.2, -0.15) is 0 Å². The van der Waals surface area contributed by atoms with E-state index < -0.39 is 17.9 Å². The van der Waals surface area contributed by atoms with Crippen molar-refractivity contribution in [3.63, 3.8) is 0 Å². The molecule has 0 radical (unpaired) electrons. The largest absolute Gasteiger partial charge is 0.497 e. The lowest BCUT2D eigenvalue weighted by molar-refractivity contribution is -0.126. The Hall–Kier alpha value is -4.07. The number of furan rings is 1. The second-order valence-corrected chi connectivity index (χ2v) is 8.92. The normalized spacial score (nSPS) is 14.2. The number of methoxy groups -OCH3 is 1. The molecule has 0 unspecified atom stereocenters. The first-order valence-electron chi connectivity index (χ1n) is 12.1. The highest BCUT2D eigenvalue weighted by molar-refractivity contribution is 6.04. The Labute approximate surface area is 210 Å². The van der Waals surface area contributed by atoms with Crippen LogP contribution in [0.25, 0.3) is 0 Å². The molecule has 2 N–H and O–H groups in total. The maximum Gasteiger partial charge on any atom is 0.287 e. The maximum absolute atomic E-state index is 13.7. The van der Waals surface area contributed by atoms with Gasteiger partial charge < -0.3 is 19.8 Å². The van der Waals surface area contributed by atoms with E-state index in [4.69, 9.17) is 9.15 Å². The molecule has 4 rings (SSSR count). The molecule has 1 aromatic heterocycles. The minimum atomic E-state index is -0.938. The number of rotatable bonds is 9. The lowest BCUT2D eigenvalue weighted by atomic mass is 10.0. The van der Waals surface area contributed by atoms with Crippen molar-refractivity contribution in [2.75, 3.05) is 18.6 Å². The van der Waals surface area contributed by atoms with Crippen LogP contribution in [-0.4, -0.2) is 37.4 Å². The lowest BCUT2D eigenvalue weighted by Gasteiger charge is -2.32. The number of benzene rings is 2. The first kappa shape index (κ1) is 25.0. The van der Waals surface area contributed by atoms with Crippen LogP contribution >= 0.6 is 0 Å². The Bertz CT molecular complexity index is 1170. The van der Waals surface area contributed by atoms with Gasteiger partial charge in [0.05, 0.1) is 19.9 Å². The van der Waals surface area contributed by atoms with Crippen LogP contribution in [0.1, 0.15) is 53.4 Å². The van der Waals surface area contributed by atoms with Crippen LogP contribution in [0.5, 0.6) is 5.75 Å². The number of aryl methyl sites for hydroxylation is 1. The third kappa shape index (κ3) is 5.94. The lowest BCUT2D eigenvalue weighted by Crippen LogP contribution is -2.49. The number of anilines is 1. The van der Waals surface area contributed by atoms with E-state index in [1.165, 1.54) is 17.2 Å². The van der Waals surface area contributed by atoms with Crippen molar-refractivity contribution in [1.82, 2.24) is 10.6 Å². The van der Waals surface area contributed by atoms with Crippen molar-refractivity contribution in [3.8, 4) is 5.75 Å². The Morgan fingerprint density at radius 2 is 1.72 bits per heavy atom. The highest BCUT2D eigenvalue weighted by Gasteiger charge is 2.34. The predicted molar refractivity (Wildman–Crippen MR) is 136 cm³/mol. The first-order chi connectivity index (χ1) is 17.5. The van der Waals surface area contributed by atoms with E-state index in [1.54, 1.807) is 49.6 Å². The molecule has 36 heavy (non-hydrogen) atoms. The number of amides is 3. The van der Waals surface area contributed by atoms with Gasteiger partial charge in [0.25, 0.3) is 5.91 Å². The summed E-state index contributed by atoms with van der Waals surface area (Å²) in [6.45, 7) is 1.64. The van der Waals surface area contributed by atoms with Gasteiger partial charge in [-0.1, -0.05) is 42.7 Å². The average Bonchev–Trinajstić information content (AvgIpc) is 3.61. The topological polar surface area (TPSA) is 101 Å². The van der Waals surface area contributed by atoms with Crippen molar-refractivity contribution in [1.29, 1.82) is 0 Å². The van der Waals surface area contributed by atoms with Gasteiger partial charge in [-0.05, 0) is 61.7 Å². The van der Waals surface area contributed by atoms with Crippen LogP contribution < -0.4 is 20.3 Å². The van der Waals surface area contributed by atoms with Crippen molar-refractivity contribution in [2.45, 2.75) is 44.7 Å². The van der Waals surface area contributed by atoms with E-state index in [-0.39, 0.29) is 24.3 Å². The van der Waals surface area contributed by atoms with Crippen molar-refractivity contribution < 1.29 is 23.5 Å². The number of nitrogens with zero attached hydrogens (tertiary/aromatic N) is 1. The molecule has 188 valence electrons. The van der Waals surface area contributed by atoms with Gasteiger partial charge in [-0.25, -0.2) is 0 Å². The zero-order chi connectivity index (χ0) is 25.5. The zero-order valence-electron chi connectivity index (χ0n) is 20.5. The second kappa shape index (κ2) is 11.6. The number of hydrogen-bond acceptors (Lipinski definition) is 5. The molecule has 0 spiro atoms. The van der Waals surface area contributed by atoms with Gasteiger partial charge in [0.15, 0.2) is 5.76 Å². The predicted octanol–water partition coefficient (Wildman–Crippen LogP) is 4.16. The summed E-state index contributed by atoms with van der Waals surface area (Å²) < 4.78 is 10.4. The summed E-state index contributed by atoms with van der Waals surface area (Å²) in [6, 6.07) is 16.7. The minimum Gasteiger partial charge on any atom is -0.497 e. The molecule has 0 bridgehead atoms. The van der Waals surface area contributed by atoms with E-state index in [2.05, 4.69) is 10.6 Å². The van der Waals surface area contributed by atoms with Crippen LogP contribution in [0, 0.1) is 6.92 Å². The maximum atomic E-state index is 13.7. The van der Waals surface area contributed by atoms with E-state index in [0.29, 0.717) is 17.0 Å². The molecule has 1 aliphatic rings. The summed E-state index contributed by atoms with van der Waals surface area (Å²) in [5.41, 5.74) is 2.21. The SMILES string of the molecule is COc1ccc([C@@H](C(=O)NC2CCCC2)N(C(=O)CNC(=O)c2ccco2)c2ccc(C)cc2)cc1. The fourth-order valence-electron chi connectivity index (χ4n) is 4.43. The smallest absolute Gasteiger partial charge is 0.287 e. The first-order valence-corrected chi connectivity index (χ1v) is 12.1. The fraction of sp³-hybridized carbons (Fsp3) is 0.321. The third-order valence-electron chi connectivity index (χ3n) is 6.37. The Kier molecular flexibility index (Phi) is 8.05. The Balaban J connectivity index is 1.68. The van der Waals surface area contributed by atoms with Gasteiger partial charge in [0.1, 0.15) is 11.8 Å². The number of ether oxygens (including phenoxy) is 1. The number of hydrogen-bond donors (Lipinski definition) is 2. The number of nitrogens with one attached hydrogen (secondary N) is 2. The molecular weight excluding hydrogens is 458 g/mol. The van der Waals surface area contributed by atoms with E-state index in [9.17, 15) is 14.4 Å². The summed E-state index contributed by atoms with van der Waals surface area (Å²) in [5, 5.41) is 5.75. The summed E-state index contributed by atoms with van der Waals surface area (Å²) in [6.07, 6.45) is 5.36. The molecule has 3 aromatic rings. The summed E-state index contributed by atoms with van der Waals surface area (Å²) in [4.78, 5) is 41.3. The van der Waals surface area contributed by atoms with E-state index >= 15 is 0 Å². The van der Waals surface area contributed by atoms with Gasteiger partial charge in [-0.15, -0.1) is 0 Å². The Morgan fingerprint density at radius 1 is 1.03 bits per heavy atom. The van der Waals surface area contributed by atoms with Gasteiger partial charge in [0.2, 0.25) is 11.8 Å². The summed E-state index contributed by atoms with van der Waals surface area (Å²) in [7, 11) is 1.57. The van der Waals surface area contributed by atoms with Gasteiger partial charge >= 0.3 is 0 Å². The van der Waals surface area contributed by atoms with Crippen LogP contribution in [0.15, 0.2) is 71.3 Å². The van der Waals surface area contributed by atoms with E-state index in [0.717, 1.165) is 31.2 Å². The molecule has 3 amide bonds. The Morgan fingerprint density at radius 3 is 2.33 bits per heavy atom. The van der Waals surface area contributed by atoms with Crippen molar-refractivity contribution >= 4 is 23.4 Å². The molecule has 1 saturated carbocycles. The molecule has 2 aromatic carbocycles. The molecule has 1 atom stereocenters. The standard InChI is InChI=1S/C28H31N3O5/c1-19-9-13-22(14-10-19)31(25(32)18-29-27(33)24-8-5-17-36-24)26(20-11-15-23(35-2)16-12-20)28(34)30-21-6-3-4-7-21/h5,8-17,21,26H,3-4,6-7,18H2,1-2H3,(H,29,33)(H,30,34)/t26-/m0/s1. The quantitative estimate of drug-likeness (QED) is 0.470. The summed E-state index contributed by atoms with van der Waals surface area (Å²) in [5.74, 6) is -0.448. The van der Waals surface area contributed by atoms with Crippen molar-refractivity contribution in [3.05, 3.63) is 83.8 Å². The summed E-state index contributed by atoms with van der Waals surface area (Å²) >= 11 is 0. The second-order valence-electron chi connectivity index (χ2n) is 8.92. The molecule has 0 saturated heterocycles. The zero-order valence-corrected chi connectivity index (χ0v) is 20.5. The van der Waals surface area contributed by atoms with E-state index in [1.807, 2.05) is 19.1 Å². The minimum absolute atomic E-state index is 0.0758. The highest BCUT2D eigenvalue weighted by atomic mass is 16.5. The number of carbonyl (C=O) groups is 3. The average molecular weight is 490 g/mol. The van der Waals surface area contributed by atoms with Crippen LogP contribution in [-0.2, 0) is 9.59 Å². The fourth-order valence-corrected chi connectivity index (χ4v) is 4.43. The number of carbonyl (C=O) groups excluding carboxylic acids is 3. The molecule has 1 heterocycles. The van der Waals surface area contributed by atoms with Crippen LogP contribution in [0.4, 0.5) is 5.69 Å². The third-order valence-corrected chi connectivity index (χ3v) is 6.37. The molecule has 1 aliphatic carbocycles. The van der Waals surface area contributed by atoms with Gasteiger partial charge in [-0.3, -0.25) is 19.3 Å². The van der Waals surface area contributed by atoms with Crippen LogP contribution in [0.3, 0.4) is 0 Å². The molecular formula is C28H31N3O5. The van der Waals surface area contributed by atoms with Crippen LogP contribution in [0.2, 0.25) is 0 Å². The molecule has 0 aliphatic heterocycles. The van der Waals surface area contributed by atoms with Gasteiger partial charge in [0, 0.05) is 11.7 Å². The molecule has 8 heteroatoms.